The van der Waals surface area contributed by atoms with Crippen LogP contribution in [0, 0.1) is 12.8 Å². The van der Waals surface area contributed by atoms with Crippen LogP contribution in [0.2, 0.25) is 0 Å². The van der Waals surface area contributed by atoms with Crippen LogP contribution in [-0.2, 0) is 0 Å². The van der Waals surface area contributed by atoms with Crippen LogP contribution in [0.15, 0.2) is 41.8 Å². The number of hydrogen-bond acceptors (Lipinski definition) is 2. The van der Waals surface area contributed by atoms with E-state index in [1.165, 1.54) is 16.0 Å². The normalized spacial score (nSPS) is 14.6. The molecule has 0 spiro atoms. The van der Waals surface area contributed by atoms with Gasteiger partial charge in [0.1, 0.15) is 0 Å². The first kappa shape index (κ1) is 14.3. The lowest BCUT2D eigenvalue weighted by atomic mass is 9.99. The van der Waals surface area contributed by atoms with E-state index in [9.17, 15) is 0 Å². The molecule has 2 rings (SSSR count). The van der Waals surface area contributed by atoms with E-state index in [4.69, 9.17) is 0 Å². The summed E-state index contributed by atoms with van der Waals surface area (Å²) in [5, 5.41) is 5.93. The molecule has 0 saturated heterocycles. The van der Waals surface area contributed by atoms with Gasteiger partial charge in [-0.2, -0.15) is 0 Å². The Balaban J connectivity index is 2.14. The van der Waals surface area contributed by atoms with Gasteiger partial charge in [-0.15, -0.1) is 11.3 Å². The van der Waals surface area contributed by atoms with E-state index in [0.29, 0.717) is 18.0 Å². The Morgan fingerprint density at radius 1 is 1.05 bits per heavy atom. The van der Waals surface area contributed by atoms with E-state index < -0.39 is 0 Å². The molecule has 0 fully saturated rings. The van der Waals surface area contributed by atoms with Gasteiger partial charge in [0.2, 0.25) is 0 Å². The molecule has 2 heteroatoms. The van der Waals surface area contributed by atoms with E-state index in [1.54, 1.807) is 0 Å². The Morgan fingerprint density at radius 3 is 2.42 bits per heavy atom. The Bertz CT molecular complexity index is 502. The molecule has 1 heterocycles. The third kappa shape index (κ3) is 3.68. The molecule has 1 unspecified atom stereocenters. The highest BCUT2D eigenvalue weighted by molar-refractivity contribution is 7.10. The van der Waals surface area contributed by atoms with Gasteiger partial charge < -0.3 is 5.32 Å². The third-order valence-corrected chi connectivity index (χ3v) is 4.44. The van der Waals surface area contributed by atoms with Gasteiger partial charge >= 0.3 is 0 Å². The van der Waals surface area contributed by atoms with Crippen LogP contribution in [0.5, 0.6) is 0 Å². The number of nitrogens with one attached hydrogen (secondary N) is 1. The molecule has 2 atom stereocenters. The van der Waals surface area contributed by atoms with Crippen LogP contribution >= 0.6 is 11.3 Å². The maximum Gasteiger partial charge on any atom is 0.0442 e. The summed E-state index contributed by atoms with van der Waals surface area (Å²) < 4.78 is 0. The molecule has 19 heavy (non-hydrogen) atoms. The van der Waals surface area contributed by atoms with Crippen molar-refractivity contribution < 1.29 is 0 Å². The summed E-state index contributed by atoms with van der Waals surface area (Å²) in [6.45, 7) is 8.95. The second-order valence-electron chi connectivity index (χ2n) is 5.54. The highest BCUT2D eigenvalue weighted by atomic mass is 32.1. The van der Waals surface area contributed by atoms with Crippen molar-refractivity contribution in [2.75, 3.05) is 0 Å². The maximum absolute atomic E-state index is 3.77. The topological polar surface area (TPSA) is 12.0 Å². The molecular weight excluding hydrogens is 250 g/mol. The molecule has 1 nitrogen and oxygen atoms in total. The Kier molecular flexibility index (Phi) is 4.78. The van der Waals surface area contributed by atoms with Gasteiger partial charge in [0, 0.05) is 17.0 Å². The van der Waals surface area contributed by atoms with Crippen LogP contribution in [-0.4, -0.2) is 0 Å². The predicted octanol–water partition coefficient (Wildman–Crippen LogP) is 5.10. The van der Waals surface area contributed by atoms with Crippen molar-refractivity contribution in [2.45, 2.75) is 39.8 Å². The van der Waals surface area contributed by atoms with Crippen molar-refractivity contribution in [3.63, 3.8) is 0 Å². The fraction of sp³-hybridized carbons (Fsp3) is 0.412. The highest BCUT2D eigenvalue weighted by Crippen LogP contribution is 2.28. The molecule has 0 radical (unpaired) electrons. The van der Waals surface area contributed by atoms with Crippen LogP contribution in [0.4, 0.5) is 0 Å². The van der Waals surface area contributed by atoms with E-state index >= 15 is 0 Å². The van der Waals surface area contributed by atoms with Crippen molar-refractivity contribution in [1.82, 2.24) is 5.32 Å². The smallest absolute Gasteiger partial charge is 0.0442 e. The van der Waals surface area contributed by atoms with Crippen LogP contribution in [0.3, 0.4) is 0 Å². The number of thiophene rings is 1. The molecule has 1 aromatic heterocycles. The molecule has 0 amide bonds. The third-order valence-electron chi connectivity index (χ3n) is 3.49. The van der Waals surface area contributed by atoms with Crippen LogP contribution in [0.25, 0.3) is 0 Å². The predicted molar refractivity (Wildman–Crippen MR) is 84.6 cm³/mol. The summed E-state index contributed by atoms with van der Waals surface area (Å²) in [7, 11) is 0. The quantitative estimate of drug-likeness (QED) is 0.798. The first-order valence-corrected chi connectivity index (χ1v) is 7.82. The lowest BCUT2D eigenvalue weighted by Gasteiger charge is -2.26. The molecule has 0 saturated carbocycles. The second kappa shape index (κ2) is 6.36. The fourth-order valence-corrected chi connectivity index (χ4v) is 3.33. The zero-order chi connectivity index (χ0) is 13.8. The standard InChI is InChI=1S/C17H23NS/c1-12(2)17(16-9-6-10-19-16)18-14(4)15-8-5-7-13(3)11-15/h5-12,14,17-18H,1-4H3/t14-,17?/m0/s1. The summed E-state index contributed by atoms with van der Waals surface area (Å²) in [5.74, 6) is 0.589. The van der Waals surface area contributed by atoms with E-state index in [1.807, 2.05) is 11.3 Å². The summed E-state index contributed by atoms with van der Waals surface area (Å²) in [6.07, 6.45) is 0. The number of aryl methyl sites for hydroxylation is 1. The van der Waals surface area contributed by atoms with Gasteiger partial charge in [-0.1, -0.05) is 49.7 Å². The lowest BCUT2D eigenvalue weighted by molar-refractivity contribution is 0.379. The average Bonchev–Trinajstić information content (AvgIpc) is 2.88. The fourth-order valence-electron chi connectivity index (χ4n) is 2.38. The van der Waals surface area contributed by atoms with Crippen molar-refractivity contribution in [2.24, 2.45) is 5.92 Å². The summed E-state index contributed by atoms with van der Waals surface area (Å²) in [5.41, 5.74) is 2.69. The number of rotatable bonds is 5. The monoisotopic (exact) mass is 273 g/mol. The van der Waals surface area contributed by atoms with Crippen molar-refractivity contribution >= 4 is 11.3 Å². The van der Waals surface area contributed by atoms with Gasteiger partial charge in [-0.25, -0.2) is 0 Å². The number of benzene rings is 1. The van der Waals surface area contributed by atoms with E-state index in [0.717, 1.165) is 0 Å². The van der Waals surface area contributed by atoms with Gasteiger partial charge in [0.25, 0.3) is 0 Å². The molecule has 0 aliphatic heterocycles. The first-order chi connectivity index (χ1) is 9.08. The zero-order valence-corrected chi connectivity index (χ0v) is 13.0. The molecule has 0 aliphatic rings. The number of hydrogen-bond donors (Lipinski definition) is 1. The first-order valence-electron chi connectivity index (χ1n) is 6.94. The van der Waals surface area contributed by atoms with E-state index in [-0.39, 0.29) is 0 Å². The van der Waals surface area contributed by atoms with Gasteiger partial charge in [-0.3, -0.25) is 0 Å². The van der Waals surface area contributed by atoms with Gasteiger partial charge in [-0.05, 0) is 36.8 Å². The molecule has 1 aromatic carbocycles. The summed E-state index contributed by atoms with van der Waals surface area (Å²) in [4.78, 5) is 1.43. The second-order valence-corrected chi connectivity index (χ2v) is 6.52. The molecule has 102 valence electrons. The minimum absolute atomic E-state index is 0.370. The van der Waals surface area contributed by atoms with Crippen molar-refractivity contribution in [1.29, 1.82) is 0 Å². The Morgan fingerprint density at radius 2 is 1.84 bits per heavy atom. The molecule has 2 aromatic rings. The molecule has 0 aliphatic carbocycles. The van der Waals surface area contributed by atoms with Crippen LogP contribution < -0.4 is 5.32 Å². The maximum atomic E-state index is 3.77. The zero-order valence-electron chi connectivity index (χ0n) is 12.2. The minimum Gasteiger partial charge on any atom is -0.302 e. The van der Waals surface area contributed by atoms with E-state index in [2.05, 4.69) is 74.8 Å². The SMILES string of the molecule is Cc1cccc([C@H](C)NC(c2cccs2)C(C)C)c1. The Hall–Kier alpha value is -1.12. The summed E-state index contributed by atoms with van der Waals surface area (Å²) >= 11 is 1.84. The van der Waals surface area contributed by atoms with Crippen LogP contribution in [0.1, 0.15) is 48.9 Å². The lowest BCUT2D eigenvalue weighted by Crippen LogP contribution is -2.27. The van der Waals surface area contributed by atoms with Crippen molar-refractivity contribution in [3.05, 3.63) is 57.8 Å². The summed E-state index contributed by atoms with van der Waals surface area (Å²) in [6, 6.07) is 13.9. The average molecular weight is 273 g/mol. The molecule has 0 bridgehead atoms. The van der Waals surface area contributed by atoms with Gasteiger partial charge in [0.15, 0.2) is 0 Å². The van der Waals surface area contributed by atoms with Crippen molar-refractivity contribution in [3.8, 4) is 0 Å². The van der Waals surface area contributed by atoms with Gasteiger partial charge in [0.05, 0.1) is 0 Å². The minimum atomic E-state index is 0.370. The molecule has 1 N–H and O–H groups in total. The highest BCUT2D eigenvalue weighted by Gasteiger charge is 2.19. The Labute approximate surface area is 120 Å². The molecular formula is C17H23NS. The largest absolute Gasteiger partial charge is 0.302 e.